The first-order valence-corrected chi connectivity index (χ1v) is 8.96. The topological polar surface area (TPSA) is 61.9 Å². The molecule has 0 saturated carbocycles. The van der Waals surface area contributed by atoms with Crippen LogP contribution in [0.1, 0.15) is 16.7 Å². The molecule has 0 amide bonds. The minimum Gasteiger partial charge on any atom is -0.435 e. The number of alkyl halides is 2. The second-order valence-electron chi connectivity index (χ2n) is 6.84. The van der Waals surface area contributed by atoms with Crippen molar-refractivity contribution < 1.29 is 13.5 Å². The summed E-state index contributed by atoms with van der Waals surface area (Å²) in [5.41, 5.74) is 3.86. The zero-order chi connectivity index (χ0) is 20.5. The fourth-order valence-electron chi connectivity index (χ4n) is 3.34. The van der Waals surface area contributed by atoms with Crippen molar-refractivity contribution in [3.8, 4) is 11.4 Å². The van der Waals surface area contributed by atoms with Gasteiger partial charge < -0.3 is 4.74 Å². The van der Waals surface area contributed by atoms with Gasteiger partial charge in [0.25, 0.3) is 5.56 Å². The fraction of sp³-hybridized carbons (Fsp3) is 0.190. The summed E-state index contributed by atoms with van der Waals surface area (Å²) in [4.78, 5) is 17.3. The molecule has 0 aliphatic carbocycles. The van der Waals surface area contributed by atoms with Crippen LogP contribution in [-0.2, 0) is 6.54 Å². The van der Waals surface area contributed by atoms with Gasteiger partial charge in [-0.1, -0.05) is 18.2 Å². The number of hydrogen-bond acceptors (Lipinski definition) is 4. The van der Waals surface area contributed by atoms with Crippen molar-refractivity contribution in [2.75, 3.05) is 0 Å². The Morgan fingerprint density at radius 1 is 1.10 bits per heavy atom. The maximum atomic E-state index is 12.9. The van der Waals surface area contributed by atoms with Gasteiger partial charge in [0.15, 0.2) is 5.65 Å². The van der Waals surface area contributed by atoms with Gasteiger partial charge in [0.1, 0.15) is 17.5 Å². The molecule has 2 aromatic carbocycles. The molecule has 0 bridgehead atoms. The van der Waals surface area contributed by atoms with Crippen LogP contribution in [0.4, 0.5) is 8.78 Å². The second-order valence-corrected chi connectivity index (χ2v) is 6.84. The minimum absolute atomic E-state index is 0.0437. The highest BCUT2D eigenvalue weighted by Crippen LogP contribution is 2.18. The molecule has 0 aliphatic rings. The lowest BCUT2D eigenvalue weighted by atomic mass is 10.1. The van der Waals surface area contributed by atoms with E-state index < -0.39 is 6.61 Å². The molecule has 0 saturated heterocycles. The number of aromatic nitrogens is 4. The van der Waals surface area contributed by atoms with Crippen LogP contribution < -0.4 is 10.3 Å². The van der Waals surface area contributed by atoms with Crippen molar-refractivity contribution in [1.29, 1.82) is 0 Å². The van der Waals surface area contributed by atoms with Gasteiger partial charge in [0.05, 0.1) is 18.4 Å². The average molecular weight is 396 g/mol. The molecule has 0 aliphatic heterocycles. The lowest BCUT2D eigenvalue weighted by molar-refractivity contribution is -0.0498. The fourth-order valence-corrected chi connectivity index (χ4v) is 3.34. The number of nitrogens with zero attached hydrogens (tertiary/aromatic N) is 4. The van der Waals surface area contributed by atoms with Crippen LogP contribution in [0, 0.1) is 13.8 Å². The van der Waals surface area contributed by atoms with Crippen LogP contribution in [0.2, 0.25) is 0 Å². The third-order valence-corrected chi connectivity index (χ3v) is 4.48. The van der Waals surface area contributed by atoms with E-state index in [0.717, 1.165) is 16.8 Å². The molecule has 0 unspecified atom stereocenters. The van der Waals surface area contributed by atoms with E-state index in [4.69, 9.17) is 0 Å². The molecule has 8 heteroatoms. The molecule has 0 fully saturated rings. The summed E-state index contributed by atoms with van der Waals surface area (Å²) in [7, 11) is 0. The summed E-state index contributed by atoms with van der Waals surface area (Å²) in [6.07, 6.45) is 2.93. The molecular formula is C21H18F2N4O2. The molecule has 0 atom stereocenters. The molecule has 148 valence electrons. The number of halogens is 2. The van der Waals surface area contributed by atoms with Gasteiger partial charge in [0.2, 0.25) is 0 Å². The summed E-state index contributed by atoms with van der Waals surface area (Å²) in [5.74, 6) is 0.0437. The smallest absolute Gasteiger partial charge is 0.387 e. The van der Waals surface area contributed by atoms with Crippen LogP contribution >= 0.6 is 0 Å². The van der Waals surface area contributed by atoms with Crippen molar-refractivity contribution in [2.45, 2.75) is 27.0 Å². The van der Waals surface area contributed by atoms with E-state index in [2.05, 4.69) is 20.9 Å². The highest BCUT2D eigenvalue weighted by molar-refractivity contribution is 5.75. The van der Waals surface area contributed by atoms with E-state index in [9.17, 15) is 13.6 Å². The lowest BCUT2D eigenvalue weighted by Gasteiger charge is -2.09. The highest BCUT2D eigenvalue weighted by atomic mass is 19.3. The van der Waals surface area contributed by atoms with Crippen molar-refractivity contribution in [3.63, 3.8) is 0 Å². The van der Waals surface area contributed by atoms with Crippen LogP contribution in [0.5, 0.6) is 5.75 Å². The van der Waals surface area contributed by atoms with E-state index in [1.54, 1.807) is 16.8 Å². The monoisotopic (exact) mass is 396 g/mol. The summed E-state index contributed by atoms with van der Waals surface area (Å²) < 4.78 is 32.3. The third kappa shape index (κ3) is 3.87. The Hall–Kier alpha value is -3.55. The predicted molar refractivity (Wildman–Crippen MR) is 105 cm³/mol. The molecule has 29 heavy (non-hydrogen) atoms. The number of fused-ring (bicyclic) bond motifs is 1. The van der Waals surface area contributed by atoms with Crippen molar-refractivity contribution in [3.05, 3.63) is 82.0 Å². The molecule has 0 N–H and O–H groups in total. The zero-order valence-electron chi connectivity index (χ0n) is 15.8. The number of benzene rings is 2. The first-order valence-electron chi connectivity index (χ1n) is 8.96. The zero-order valence-corrected chi connectivity index (χ0v) is 15.8. The first kappa shape index (κ1) is 18.8. The van der Waals surface area contributed by atoms with E-state index >= 15 is 0 Å². The summed E-state index contributed by atoms with van der Waals surface area (Å²) in [6, 6.07) is 12.2. The number of rotatable bonds is 5. The molecule has 6 nitrogen and oxygen atoms in total. The van der Waals surface area contributed by atoms with Crippen LogP contribution in [0.25, 0.3) is 16.7 Å². The molecular weight excluding hydrogens is 378 g/mol. The summed E-state index contributed by atoms with van der Waals surface area (Å²) >= 11 is 0. The predicted octanol–water partition coefficient (Wildman–Crippen LogP) is 3.85. The van der Waals surface area contributed by atoms with Gasteiger partial charge in [-0.15, -0.1) is 0 Å². The number of hydrogen-bond donors (Lipinski definition) is 0. The van der Waals surface area contributed by atoms with Crippen molar-refractivity contribution in [1.82, 2.24) is 19.3 Å². The molecule has 2 aromatic heterocycles. The minimum atomic E-state index is -2.90. The van der Waals surface area contributed by atoms with E-state index in [1.165, 1.54) is 29.2 Å². The third-order valence-electron chi connectivity index (χ3n) is 4.48. The first-order chi connectivity index (χ1) is 13.9. The largest absolute Gasteiger partial charge is 0.435 e. The maximum Gasteiger partial charge on any atom is 0.387 e. The van der Waals surface area contributed by atoms with Crippen LogP contribution in [0.3, 0.4) is 0 Å². The van der Waals surface area contributed by atoms with E-state index in [-0.39, 0.29) is 17.9 Å². The van der Waals surface area contributed by atoms with E-state index in [0.29, 0.717) is 16.6 Å². The van der Waals surface area contributed by atoms with Crippen LogP contribution in [0.15, 0.2) is 59.8 Å². The standard InChI is InChI=1S/C21H18F2N4O2/c1-13-6-14(2)8-16(7-13)27-19-18(10-25-27)20(28)26(12-24-19)11-15-4-3-5-17(9-15)29-21(22)23/h3-10,12,21H,11H2,1-2H3. The summed E-state index contributed by atoms with van der Waals surface area (Å²) in [5, 5.41) is 4.72. The highest BCUT2D eigenvalue weighted by Gasteiger charge is 2.13. The molecule has 0 radical (unpaired) electrons. The lowest BCUT2D eigenvalue weighted by Crippen LogP contribution is -2.21. The van der Waals surface area contributed by atoms with Gasteiger partial charge in [-0.05, 0) is 54.8 Å². The Kier molecular flexibility index (Phi) is 4.84. The van der Waals surface area contributed by atoms with Gasteiger partial charge in [0, 0.05) is 0 Å². The quantitative estimate of drug-likeness (QED) is 0.514. The average Bonchev–Trinajstić information content (AvgIpc) is 3.08. The summed E-state index contributed by atoms with van der Waals surface area (Å²) in [6.45, 7) is 1.27. The Morgan fingerprint density at radius 2 is 1.86 bits per heavy atom. The second kappa shape index (κ2) is 7.46. The Labute approximate surface area is 165 Å². The number of aryl methyl sites for hydroxylation is 2. The number of ether oxygens (including phenoxy) is 1. The SMILES string of the molecule is Cc1cc(C)cc(-n2ncc3c(=O)n(Cc4cccc(OC(F)F)c4)cnc32)c1. The molecule has 0 spiro atoms. The molecule has 4 aromatic rings. The van der Waals surface area contributed by atoms with Crippen molar-refractivity contribution in [2.24, 2.45) is 0 Å². The normalized spacial score (nSPS) is 11.3. The van der Waals surface area contributed by atoms with Gasteiger partial charge in [-0.25, -0.2) is 9.67 Å². The maximum absolute atomic E-state index is 12.9. The van der Waals surface area contributed by atoms with Crippen molar-refractivity contribution >= 4 is 11.0 Å². The molecule has 2 heterocycles. The van der Waals surface area contributed by atoms with Gasteiger partial charge >= 0.3 is 6.61 Å². The Morgan fingerprint density at radius 3 is 2.59 bits per heavy atom. The Bertz CT molecular complexity index is 1230. The van der Waals surface area contributed by atoms with E-state index in [1.807, 2.05) is 26.0 Å². The Balaban J connectivity index is 1.70. The van der Waals surface area contributed by atoms with Gasteiger partial charge in [-0.3, -0.25) is 9.36 Å². The van der Waals surface area contributed by atoms with Gasteiger partial charge in [-0.2, -0.15) is 13.9 Å². The molecule has 4 rings (SSSR count). The van der Waals surface area contributed by atoms with Crippen LogP contribution in [-0.4, -0.2) is 25.9 Å².